The van der Waals surface area contributed by atoms with Crippen LogP contribution in [0.15, 0.2) is 58.0 Å². The molecule has 0 aromatic heterocycles. The third-order valence-corrected chi connectivity index (χ3v) is 4.53. The van der Waals surface area contributed by atoms with Crippen molar-refractivity contribution >= 4 is 21.9 Å². The van der Waals surface area contributed by atoms with Crippen molar-refractivity contribution in [3.8, 4) is 5.75 Å². The molecule has 2 rings (SSSR count). The molecule has 0 spiro atoms. The normalized spacial score (nSPS) is 12.6. The number of aliphatic imine (C=N–C) groups is 1. The summed E-state index contributed by atoms with van der Waals surface area (Å²) in [5.41, 5.74) is 2.21. The Kier molecular flexibility index (Phi) is 7.76. The highest BCUT2D eigenvalue weighted by molar-refractivity contribution is 9.10. The highest BCUT2D eigenvalue weighted by atomic mass is 79.9. The molecule has 0 fully saturated rings. The van der Waals surface area contributed by atoms with Crippen molar-refractivity contribution in [3.63, 3.8) is 0 Å². The second-order valence-corrected chi connectivity index (χ2v) is 6.42. The zero-order valence-corrected chi connectivity index (χ0v) is 16.1. The number of aliphatic hydroxyl groups excluding tert-OH is 1. The predicted molar refractivity (Wildman–Crippen MR) is 105 cm³/mol. The van der Waals surface area contributed by atoms with Gasteiger partial charge in [0.05, 0.1) is 18.2 Å². The van der Waals surface area contributed by atoms with Gasteiger partial charge in [0.1, 0.15) is 5.75 Å². The van der Waals surface area contributed by atoms with Crippen LogP contribution in [0.5, 0.6) is 5.75 Å². The van der Waals surface area contributed by atoms with E-state index in [1.54, 1.807) is 14.2 Å². The van der Waals surface area contributed by atoms with Crippen molar-refractivity contribution < 1.29 is 9.84 Å². The number of rotatable bonds is 7. The lowest BCUT2D eigenvalue weighted by Gasteiger charge is -2.18. The molecule has 1 unspecified atom stereocenters. The van der Waals surface area contributed by atoms with Crippen molar-refractivity contribution in [2.24, 2.45) is 4.99 Å². The Morgan fingerprint density at radius 2 is 1.96 bits per heavy atom. The van der Waals surface area contributed by atoms with E-state index in [1.165, 1.54) is 0 Å². The quantitative estimate of drug-likeness (QED) is 0.489. The van der Waals surface area contributed by atoms with Crippen molar-refractivity contribution in [3.05, 3.63) is 64.1 Å². The monoisotopic (exact) mass is 405 g/mol. The van der Waals surface area contributed by atoms with Gasteiger partial charge < -0.3 is 20.5 Å². The first-order valence-electron chi connectivity index (χ1n) is 8.10. The topological polar surface area (TPSA) is 65.9 Å². The van der Waals surface area contributed by atoms with E-state index < -0.39 is 0 Å². The lowest BCUT2D eigenvalue weighted by Crippen LogP contribution is -2.39. The molecule has 0 amide bonds. The van der Waals surface area contributed by atoms with Crippen LogP contribution in [0.2, 0.25) is 0 Å². The summed E-state index contributed by atoms with van der Waals surface area (Å²) in [7, 11) is 3.38. The van der Waals surface area contributed by atoms with Crippen LogP contribution < -0.4 is 15.4 Å². The van der Waals surface area contributed by atoms with Gasteiger partial charge in [0.25, 0.3) is 0 Å². The van der Waals surface area contributed by atoms with Crippen LogP contribution >= 0.6 is 15.9 Å². The van der Waals surface area contributed by atoms with Gasteiger partial charge in [-0.15, -0.1) is 0 Å². The number of nitrogens with one attached hydrogen (secondary N) is 2. The molecule has 0 aliphatic rings. The van der Waals surface area contributed by atoms with Crippen molar-refractivity contribution in [1.82, 2.24) is 10.6 Å². The van der Waals surface area contributed by atoms with E-state index in [-0.39, 0.29) is 12.5 Å². The Morgan fingerprint density at radius 1 is 1.20 bits per heavy atom. The average molecular weight is 406 g/mol. The van der Waals surface area contributed by atoms with Gasteiger partial charge in [-0.1, -0.05) is 36.4 Å². The number of guanidine groups is 1. The number of methoxy groups -OCH3 is 1. The highest BCUT2D eigenvalue weighted by Crippen LogP contribution is 2.25. The van der Waals surface area contributed by atoms with Crippen LogP contribution in [0.1, 0.15) is 17.0 Å². The predicted octanol–water partition coefficient (Wildman–Crippen LogP) is 2.90. The number of aliphatic hydroxyl groups is 1. The van der Waals surface area contributed by atoms with Crippen LogP contribution in [0.25, 0.3) is 0 Å². The van der Waals surface area contributed by atoms with E-state index in [0.717, 1.165) is 21.3 Å². The maximum Gasteiger partial charge on any atom is 0.191 e. The molecule has 0 aliphatic carbocycles. The first-order valence-corrected chi connectivity index (χ1v) is 8.90. The van der Waals surface area contributed by atoms with Gasteiger partial charge in [0.2, 0.25) is 0 Å². The Hall–Kier alpha value is -2.05. The summed E-state index contributed by atoms with van der Waals surface area (Å²) in [6.07, 6.45) is 0. The maximum absolute atomic E-state index is 9.64. The van der Waals surface area contributed by atoms with Crippen LogP contribution in [-0.2, 0) is 6.54 Å². The lowest BCUT2D eigenvalue weighted by molar-refractivity contribution is 0.265. The molecule has 0 bridgehead atoms. The van der Waals surface area contributed by atoms with Crippen LogP contribution in [0.3, 0.4) is 0 Å². The first-order chi connectivity index (χ1) is 12.2. The van der Waals surface area contributed by atoms with Crippen molar-refractivity contribution in [2.75, 3.05) is 27.3 Å². The van der Waals surface area contributed by atoms with Crippen LogP contribution in [0, 0.1) is 0 Å². The molecule has 2 aromatic carbocycles. The SMILES string of the molecule is CN=C(NCc1ccc(OC)c(Br)c1)NCC(CO)c1ccccc1. The number of halogens is 1. The molecule has 0 heterocycles. The highest BCUT2D eigenvalue weighted by Gasteiger charge is 2.11. The molecule has 6 heteroatoms. The van der Waals surface area contributed by atoms with Gasteiger partial charge in [-0.3, -0.25) is 4.99 Å². The van der Waals surface area contributed by atoms with Gasteiger partial charge in [0, 0.05) is 26.1 Å². The molecule has 134 valence electrons. The van der Waals surface area contributed by atoms with E-state index in [4.69, 9.17) is 4.74 Å². The molecule has 25 heavy (non-hydrogen) atoms. The fourth-order valence-electron chi connectivity index (χ4n) is 2.46. The van der Waals surface area contributed by atoms with E-state index >= 15 is 0 Å². The van der Waals surface area contributed by atoms with Gasteiger partial charge >= 0.3 is 0 Å². The van der Waals surface area contributed by atoms with Crippen molar-refractivity contribution in [2.45, 2.75) is 12.5 Å². The maximum atomic E-state index is 9.64. The van der Waals surface area contributed by atoms with E-state index in [9.17, 15) is 5.11 Å². The number of benzene rings is 2. The summed E-state index contributed by atoms with van der Waals surface area (Å²) in [6.45, 7) is 1.32. The van der Waals surface area contributed by atoms with Gasteiger partial charge in [-0.2, -0.15) is 0 Å². The molecule has 0 aliphatic heterocycles. The Labute approximate surface area is 157 Å². The minimum Gasteiger partial charge on any atom is -0.496 e. The van der Waals surface area contributed by atoms with Gasteiger partial charge in [0.15, 0.2) is 5.96 Å². The number of nitrogens with zero attached hydrogens (tertiary/aromatic N) is 1. The minimum atomic E-state index is 0.0230. The lowest BCUT2D eigenvalue weighted by atomic mass is 10.0. The summed E-state index contributed by atoms with van der Waals surface area (Å²) >= 11 is 3.49. The molecule has 0 saturated heterocycles. The van der Waals surface area contributed by atoms with Crippen LogP contribution in [-0.4, -0.2) is 38.4 Å². The summed E-state index contributed by atoms with van der Waals surface area (Å²) < 4.78 is 6.16. The van der Waals surface area contributed by atoms with E-state index in [2.05, 4.69) is 31.6 Å². The third-order valence-electron chi connectivity index (χ3n) is 3.91. The second-order valence-electron chi connectivity index (χ2n) is 5.57. The zero-order chi connectivity index (χ0) is 18.1. The Morgan fingerprint density at radius 3 is 2.56 bits per heavy atom. The molecule has 1 atom stereocenters. The largest absolute Gasteiger partial charge is 0.496 e. The van der Waals surface area contributed by atoms with Crippen LogP contribution in [0.4, 0.5) is 0 Å². The minimum absolute atomic E-state index is 0.0230. The number of ether oxygens (including phenoxy) is 1. The van der Waals surface area contributed by atoms with E-state index in [0.29, 0.717) is 19.0 Å². The third kappa shape index (κ3) is 5.76. The Bertz CT molecular complexity index is 692. The fourth-order valence-corrected chi connectivity index (χ4v) is 3.05. The number of hydrogen-bond donors (Lipinski definition) is 3. The molecule has 2 aromatic rings. The summed E-state index contributed by atoms with van der Waals surface area (Å²) in [5, 5.41) is 16.2. The molecule has 5 nitrogen and oxygen atoms in total. The summed E-state index contributed by atoms with van der Waals surface area (Å²) in [6, 6.07) is 15.9. The molecule has 0 radical (unpaired) electrons. The smallest absolute Gasteiger partial charge is 0.191 e. The first kappa shape index (κ1) is 19.3. The van der Waals surface area contributed by atoms with Gasteiger partial charge in [-0.05, 0) is 39.2 Å². The molecule has 0 saturated carbocycles. The standard InChI is InChI=1S/C19H24BrN3O2/c1-21-19(22-11-14-8-9-18(25-2)17(20)10-14)23-12-16(13-24)15-6-4-3-5-7-15/h3-10,16,24H,11-13H2,1-2H3,(H2,21,22,23). The van der Waals surface area contributed by atoms with Gasteiger partial charge in [-0.25, -0.2) is 0 Å². The van der Waals surface area contributed by atoms with E-state index in [1.807, 2.05) is 48.5 Å². The molecular weight excluding hydrogens is 382 g/mol. The fraction of sp³-hybridized carbons (Fsp3) is 0.316. The molecular formula is C19H24BrN3O2. The number of hydrogen-bond acceptors (Lipinski definition) is 3. The molecule has 3 N–H and O–H groups in total. The average Bonchev–Trinajstić information content (AvgIpc) is 2.65. The Balaban J connectivity index is 1.89. The summed E-state index contributed by atoms with van der Waals surface area (Å²) in [5.74, 6) is 1.52. The van der Waals surface area contributed by atoms with Crippen molar-refractivity contribution in [1.29, 1.82) is 0 Å². The second kappa shape index (κ2) is 10.1. The zero-order valence-electron chi connectivity index (χ0n) is 14.5. The summed E-state index contributed by atoms with van der Waals surface area (Å²) in [4.78, 5) is 4.24.